The molecule has 0 aliphatic rings. The standard InChI is InChI=1S/C16H13N3O2/c20-16(21)14-11-19(13-9-5-2-6-10-13)18-15(14)17-12-7-3-1-4-8-12/h1-11H,(H,17,18)(H,20,21). The number of carboxylic acids is 1. The number of rotatable bonds is 4. The highest BCUT2D eigenvalue weighted by Gasteiger charge is 2.16. The van der Waals surface area contributed by atoms with Crippen molar-refractivity contribution >= 4 is 17.5 Å². The number of carbonyl (C=O) groups is 1. The van der Waals surface area contributed by atoms with Gasteiger partial charge in [0.2, 0.25) is 0 Å². The van der Waals surface area contributed by atoms with Crippen LogP contribution in [0.25, 0.3) is 5.69 Å². The lowest BCUT2D eigenvalue weighted by Gasteiger charge is -2.03. The normalized spacial score (nSPS) is 10.3. The summed E-state index contributed by atoms with van der Waals surface area (Å²) in [6.45, 7) is 0. The first-order valence-electron chi connectivity index (χ1n) is 6.44. The monoisotopic (exact) mass is 279 g/mol. The average molecular weight is 279 g/mol. The fourth-order valence-corrected chi connectivity index (χ4v) is 1.99. The molecule has 5 nitrogen and oxygen atoms in total. The second-order valence-electron chi connectivity index (χ2n) is 4.47. The topological polar surface area (TPSA) is 67.1 Å². The molecule has 0 amide bonds. The summed E-state index contributed by atoms with van der Waals surface area (Å²) in [5, 5.41) is 16.7. The number of aromatic carboxylic acids is 1. The summed E-state index contributed by atoms with van der Waals surface area (Å²) < 4.78 is 1.55. The number of hydrogen-bond acceptors (Lipinski definition) is 3. The lowest BCUT2D eigenvalue weighted by Crippen LogP contribution is -2.00. The van der Waals surface area contributed by atoms with Crippen LogP contribution in [-0.4, -0.2) is 20.9 Å². The van der Waals surface area contributed by atoms with Gasteiger partial charge in [-0.3, -0.25) is 0 Å². The third-order valence-corrected chi connectivity index (χ3v) is 3.00. The third kappa shape index (κ3) is 2.76. The molecule has 0 spiro atoms. The number of anilines is 2. The summed E-state index contributed by atoms with van der Waals surface area (Å²) in [5.74, 6) is -0.701. The lowest BCUT2D eigenvalue weighted by molar-refractivity contribution is 0.0698. The van der Waals surface area contributed by atoms with E-state index in [0.29, 0.717) is 5.82 Å². The first-order chi connectivity index (χ1) is 10.2. The van der Waals surface area contributed by atoms with E-state index in [9.17, 15) is 9.90 Å². The molecule has 1 heterocycles. The van der Waals surface area contributed by atoms with E-state index in [1.807, 2.05) is 60.7 Å². The molecular weight excluding hydrogens is 266 g/mol. The van der Waals surface area contributed by atoms with Crippen molar-refractivity contribution in [3.05, 3.63) is 72.4 Å². The fraction of sp³-hybridized carbons (Fsp3) is 0. The van der Waals surface area contributed by atoms with Crippen molar-refractivity contribution in [1.29, 1.82) is 0 Å². The summed E-state index contributed by atoms with van der Waals surface area (Å²) in [7, 11) is 0. The highest BCUT2D eigenvalue weighted by Crippen LogP contribution is 2.21. The molecule has 0 fully saturated rings. The zero-order valence-electron chi connectivity index (χ0n) is 11.1. The van der Waals surface area contributed by atoms with Crippen molar-refractivity contribution in [3.8, 4) is 5.69 Å². The van der Waals surface area contributed by atoms with Gasteiger partial charge in [0.1, 0.15) is 5.56 Å². The molecule has 2 N–H and O–H groups in total. The fourth-order valence-electron chi connectivity index (χ4n) is 1.99. The zero-order valence-corrected chi connectivity index (χ0v) is 11.1. The SMILES string of the molecule is O=C(O)c1cn(-c2ccccc2)nc1Nc1ccccc1. The van der Waals surface area contributed by atoms with Crippen molar-refractivity contribution in [2.24, 2.45) is 0 Å². The van der Waals surface area contributed by atoms with E-state index in [2.05, 4.69) is 10.4 Å². The minimum absolute atomic E-state index is 0.128. The van der Waals surface area contributed by atoms with Crippen LogP contribution in [0.2, 0.25) is 0 Å². The predicted molar refractivity (Wildman–Crippen MR) is 80.2 cm³/mol. The Bertz CT molecular complexity index is 752. The lowest BCUT2D eigenvalue weighted by atomic mass is 10.3. The smallest absolute Gasteiger partial charge is 0.341 e. The van der Waals surface area contributed by atoms with E-state index in [-0.39, 0.29) is 5.56 Å². The molecule has 3 rings (SSSR count). The molecular formula is C16H13N3O2. The van der Waals surface area contributed by atoms with Crippen LogP contribution in [0.5, 0.6) is 0 Å². The van der Waals surface area contributed by atoms with E-state index in [4.69, 9.17) is 0 Å². The van der Waals surface area contributed by atoms with Crippen LogP contribution >= 0.6 is 0 Å². The van der Waals surface area contributed by atoms with Crippen molar-refractivity contribution in [1.82, 2.24) is 9.78 Å². The summed E-state index contributed by atoms with van der Waals surface area (Å²) in [4.78, 5) is 11.4. The summed E-state index contributed by atoms with van der Waals surface area (Å²) in [6.07, 6.45) is 1.50. The molecule has 0 saturated heterocycles. The zero-order chi connectivity index (χ0) is 14.7. The molecule has 0 unspecified atom stereocenters. The van der Waals surface area contributed by atoms with Gasteiger partial charge in [0.15, 0.2) is 5.82 Å². The number of nitrogens with zero attached hydrogens (tertiary/aromatic N) is 2. The van der Waals surface area contributed by atoms with Crippen LogP contribution in [0.15, 0.2) is 66.9 Å². The molecule has 21 heavy (non-hydrogen) atoms. The van der Waals surface area contributed by atoms with E-state index in [0.717, 1.165) is 11.4 Å². The predicted octanol–water partition coefficient (Wildman–Crippen LogP) is 3.31. The Labute approximate surface area is 121 Å². The van der Waals surface area contributed by atoms with Crippen LogP contribution in [0.1, 0.15) is 10.4 Å². The maximum atomic E-state index is 11.4. The molecule has 0 atom stereocenters. The van der Waals surface area contributed by atoms with E-state index in [1.54, 1.807) is 4.68 Å². The molecule has 0 saturated carbocycles. The average Bonchev–Trinajstić information content (AvgIpc) is 2.93. The van der Waals surface area contributed by atoms with Gasteiger partial charge < -0.3 is 10.4 Å². The van der Waals surface area contributed by atoms with Gasteiger partial charge in [-0.05, 0) is 24.3 Å². The van der Waals surface area contributed by atoms with Crippen molar-refractivity contribution < 1.29 is 9.90 Å². The van der Waals surface area contributed by atoms with Gasteiger partial charge in [0.05, 0.1) is 5.69 Å². The van der Waals surface area contributed by atoms with Gasteiger partial charge in [-0.1, -0.05) is 36.4 Å². The molecule has 0 aliphatic heterocycles. The van der Waals surface area contributed by atoms with Crippen LogP contribution in [0, 0.1) is 0 Å². The maximum Gasteiger partial charge on any atom is 0.341 e. The molecule has 2 aromatic carbocycles. The first kappa shape index (κ1) is 12.9. The number of hydrogen-bond donors (Lipinski definition) is 2. The maximum absolute atomic E-state index is 11.4. The van der Waals surface area contributed by atoms with Gasteiger partial charge in [0, 0.05) is 11.9 Å². The van der Waals surface area contributed by atoms with Gasteiger partial charge in [-0.2, -0.15) is 0 Å². The Balaban J connectivity index is 2.00. The van der Waals surface area contributed by atoms with E-state index in [1.165, 1.54) is 6.20 Å². The number of benzene rings is 2. The minimum Gasteiger partial charge on any atom is -0.477 e. The molecule has 1 aromatic heterocycles. The molecule has 5 heteroatoms. The highest BCUT2D eigenvalue weighted by molar-refractivity contribution is 5.94. The molecule has 0 aliphatic carbocycles. The van der Waals surface area contributed by atoms with Crippen LogP contribution in [-0.2, 0) is 0 Å². The number of nitrogens with one attached hydrogen (secondary N) is 1. The Morgan fingerprint density at radius 2 is 1.62 bits per heavy atom. The molecule has 0 radical (unpaired) electrons. The van der Waals surface area contributed by atoms with Gasteiger partial charge in [-0.15, -0.1) is 5.10 Å². The van der Waals surface area contributed by atoms with Gasteiger partial charge in [-0.25, -0.2) is 9.48 Å². The number of para-hydroxylation sites is 2. The second kappa shape index (κ2) is 5.50. The Morgan fingerprint density at radius 3 is 2.24 bits per heavy atom. The van der Waals surface area contributed by atoms with Gasteiger partial charge >= 0.3 is 5.97 Å². The third-order valence-electron chi connectivity index (χ3n) is 3.00. The van der Waals surface area contributed by atoms with Crippen molar-refractivity contribution in [2.45, 2.75) is 0 Å². The Hall–Kier alpha value is -3.08. The van der Waals surface area contributed by atoms with Gasteiger partial charge in [0.25, 0.3) is 0 Å². The number of aromatic nitrogens is 2. The highest BCUT2D eigenvalue weighted by atomic mass is 16.4. The van der Waals surface area contributed by atoms with E-state index < -0.39 is 5.97 Å². The largest absolute Gasteiger partial charge is 0.477 e. The van der Waals surface area contributed by atoms with Crippen LogP contribution in [0.4, 0.5) is 11.5 Å². The summed E-state index contributed by atoms with van der Waals surface area (Å²) >= 11 is 0. The van der Waals surface area contributed by atoms with Crippen molar-refractivity contribution in [2.75, 3.05) is 5.32 Å². The molecule has 0 bridgehead atoms. The number of carboxylic acid groups (broad SMARTS) is 1. The Morgan fingerprint density at radius 1 is 1.00 bits per heavy atom. The molecule has 3 aromatic rings. The van der Waals surface area contributed by atoms with E-state index >= 15 is 0 Å². The summed E-state index contributed by atoms with van der Waals surface area (Å²) in [6, 6.07) is 18.7. The van der Waals surface area contributed by atoms with Crippen LogP contribution < -0.4 is 5.32 Å². The summed E-state index contributed by atoms with van der Waals surface area (Å²) in [5.41, 5.74) is 1.72. The second-order valence-corrected chi connectivity index (χ2v) is 4.47. The van der Waals surface area contributed by atoms with Crippen LogP contribution in [0.3, 0.4) is 0 Å². The molecule has 104 valence electrons. The quantitative estimate of drug-likeness (QED) is 0.768. The Kier molecular flexibility index (Phi) is 3.39. The minimum atomic E-state index is -1.02. The first-order valence-corrected chi connectivity index (χ1v) is 6.44. The van der Waals surface area contributed by atoms with Crippen molar-refractivity contribution in [3.63, 3.8) is 0 Å².